The molecule has 1 N–H and O–H groups in total. The zero-order chi connectivity index (χ0) is 24.7. The van der Waals surface area contributed by atoms with Gasteiger partial charge in [0.05, 0.1) is 46.1 Å². The van der Waals surface area contributed by atoms with Gasteiger partial charge in [0.25, 0.3) is 10.0 Å². The molecule has 0 bridgehead atoms. The summed E-state index contributed by atoms with van der Waals surface area (Å²) in [6, 6.07) is 14.9. The lowest BCUT2D eigenvalue weighted by molar-refractivity contribution is 0.324. The predicted octanol–water partition coefficient (Wildman–Crippen LogP) is 4.70. The first-order valence-electron chi connectivity index (χ1n) is 10.2. The van der Waals surface area contributed by atoms with Crippen LogP contribution >= 0.6 is 0 Å². The van der Waals surface area contributed by atoms with E-state index in [1.165, 1.54) is 26.4 Å². The molecule has 0 heterocycles. The molecule has 0 saturated heterocycles. The van der Waals surface area contributed by atoms with E-state index in [4.69, 9.17) is 23.7 Å². The zero-order valence-corrected chi connectivity index (χ0v) is 20.4. The van der Waals surface area contributed by atoms with Crippen LogP contribution in [0.4, 0.5) is 5.69 Å². The molecule has 0 saturated carbocycles. The molecule has 0 spiro atoms. The maximum Gasteiger partial charge on any atom is 0.262 e. The van der Waals surface area contributed by atoms with Crippen LogP contribution < -0.4 is 28.4 Å². The van der Waals surface area contributed by atoms with Gasteiger partial charge in [0.2, 0.25) is 5.75 Å². The molecule has 3 aromatic rings. The normalized spacial score (nSPS) is 11.2. The minimum absolute atomic E-state index is 0.105. The van der Waals surface area contributed by atoms with Crippen molar-refractivity contribution in [3.63, 3.8) is 0 Å². The molecule has 34 heavy (non-hydrogen) atoms. The van der Waals surface area contributed by atoms with E-state index in [0.717, 1.165) is 11.1 Å². The Bertz CT molecular complexity index is 1240. The SMILES string of the molecule is COc1ccc(S(=O)(=O)Nc2cc(C=Cc3cc(OC)c(OC)c(OC)c3)ccc2OC)cc1. The second kappa shape index (κ2) is 10.8. The van der Waals surface area contributed by atoms with E-state index in [2.05, 4.69) is 4.72 Å². The maximum absolute atomic E-state index is 12.9. The molecular weight excluding hydrogens is 458 g/mol. The number of benzene rings is 3. The van der Waals surface area contributed by atoms with E-state index >= 15 is 0 Å². The number of anilines is 1. The van der Waals surface area contributed by atoms with Crippen molar-refractivity contribution >= 4 is 27.9 Å². The Morgan fingerprint density at radius 3 is 1.76 bits per heavy atom. The first-order valence-corrected chi connectivity index (χ1v) is 11.7. The summed E-state index contributed by atoms with van der Waals surface area (Å²) >= 11 is 0. The summed E-state index contributed by atoms with van der Waals surface area (Å²) in [7, 11) is 3.80. The average molecular weight is 486 g/mol. The smallest absolute Gasteiger partial charge is 0.262 e. The Morgan fingerprint density at radius 1 is 0.647 bits per heavy atom. The fourth-order valence-corrected chi connectivity index (χ4v) is 4.32. The minimum Gasteiger partial charge on any atom is -0.497 e. The van der Waals surface area contributed by atoms with Gasteiger partial charge >= 0.3 is 0 Å². The minimum atomic E-state index is -3.84. The standard InChI is InChI=1S/C25H27NO7S/c1-29-19-9-11-20(12-10-19)34(27,28)26-21-14-17(8-13-22(21)30-2)6-7-18-15-23(31-3)25(33-5)24(16-18)32-4/h6-16,26H,1-5H3. The molecule has 0 radical (unpaired) electrons. The van der Waals surface area contributed by atoms with Crippen LogP contribution in [0, 0.1) is 0 Å². The summed E-state index contributed by atoms with van der Waals surface area (Å²) in [5.74, 6) is 2.52. The van der Waals surface area contributed by atoms with Crippen LogP contribution in [0.25, 0.3) is 12.2 Å². The first kappa shape index (κ1) is 24.8. The van der Waals surface area contributed by atoms with Gasteiger partial charge in [0, 0.05) is 0 Å². The van der Waals surface area contributed by atoms with Crippen LogP contribution in [-0.4, -0.2) is 44.0 Å². The molecule has 0 atom stereocenters. The predicted molar refractivity (Wildman–Crippen MR) is 132 cm³/mol. The van der Waals surface area contributed by atoms with Crippen LogP contribution in [-0.2, 0) is 10.0 Å². The van der Waals surface area contributed by atoms with E-state index in [9.17, 15) is 8.42 Å². The Hall–Kier alpha value is -3.85. The van der Waals surface area contributed by atoms with Gasteiger partial charge in [-0.25, -0.2) is 8.42 Å². The van der Waals surface area contributed by atoms with E-state index in [-0.39, 0.29) is 4.90 Å². The largest absolute Gasteiger partial charge is 0.497 e. The van der Waals surface area contributed by atoms with Crippen molar-refractivity contribution in [3.8, 4) is 28.7 Å². The Balaban J connectivity index is 1.91. The van der Waals surface area contributed by atoms with Gasteiger partial charge in [-0.15, -0.1) is 0 Å². The molecule has 0 aromatic heterocycles. The van der Waals surface area contributed by atoms with Crippen molar-refractivity contribution < 1.29 is 32.1 Å². The Kier molecular flexibility index (Phi) is 7.91. The summed E-state index contributed by atoms with van der Waals surface area (Å²) in [4.78, 5) is 0.105. The summed E-state index contributed by atoms with van der Waals surface area (Å²) in [6.45, 7) is 0. The van der Waals surface area contributed by atoms with Gasteiger partial charge in [-0.2, -0.15) is 0 Å². The van der Waals surface area contributed by atoms with E-state index < -0.39 is 10.0 Å². The van der Waals surface area contributed by atoms with Crippen molar-refractivity contribution in [1.82, 2.24) is 0 Å². The van der Waals surface area contributed by atoms with Gasteiger partial charge in [0.15, 0.2) is 11.5 Å². The van der Waals surface area contributed by atoms with Gasteiger partial charge < -0.3 is 23.7 Å². The van der Waals surface area contributed by atoms with Crippen molar-refractivity contribution in [1.29, 1.82) is 0 Å². The first-order chi connectivity index (χ1) is 16.3. The lowest BCUT2D eigenvalue weighted by atomic mass is 10.1. The monoisotopic (exact) mass is 485 g/mol. The topological polar surface area (TPSA) is 92.3 Å². The Labute approximate surface area is 199 Å². The number of sulfonamides is 1. The fraction of sp³-hybridized carbons (Fsp3) is 0.200. The summed E-state index contributed by atoms with van der Waals surface area (Å²) in [6.07, 6.45) is 3.69. The highest BCUT2D eigenvalue weighted by Crippen LogP contribution is 2.38. The number of ether oxygens (including phenoxy) is 5. The molecule has 0 aliphatic rings. The summed E-state index contributed by atoms with van der Waals surface area (Å²) < 4.78 is 55.0. The third-order valence-corrected chi connectivity index (χ3v) is 6.37. The molecule has 3 rings (SSSR count). The second-order valence-electron chi connectivity index (χ2n) is 7.03. The quantitative estimate of drug-likeness (QED) is 0.416. The van der Waals surface area contributed by atoms with Crippen molar-refractivity contribution in [3.05, 3.63) is 65.7 Å². The van der Waals surface area contributed by atoms with Crippen molar-refractivity contribution in [2.45, 2.75) is 4.90 Å². The highest BCUT2D eigenvalue weighted by molar-refractivity contribution is 7.92. The van der Waals surface area contributed by atoms with Crippen LogP contribution in [0.15, 0.2) is 59.5 Å². The van der Waals surface area contributed by atoms with Crippen molar-refractivity contribution in [2.24, 2.45) is 0 Å². The van der Waals surface area contributed by atoms with Gasteiger partial charge in [-0.1, -0.05) is 18.2 Å². The van der Waals surface area contributed by atoms with Crippen molar-refractivity contribution in [2.75, 3.05) is 40.3 Å². The number of hydrogen-bond acceptors (Lipinski definition) is 7. The highest BCUT2D eigenvalue weighted by Gasteiger charge is 2.17. The molecule has 180 valence electrons. The van der Waals surface area contributed by atoms with Gasteiger partial charge in [-0.3, -0.25) is 4.72 Å². The number of nitrogens with one attached hydrogen (secondary N) is 1. The fourth-order valence-electron chi connectivity index (χ4n) is 3.26. The third kappa shape index (κ3) is 5.55. The molecule has 0 fully saturated rings. The molecule has 8 nitrogen and oxygen atoms in total. The van der Waals surface area contributed by atoms with E-state index in [1.54, 1.807) is 45.6 Å². The maximum atomic E-state index is 12.9. The molecule has 0 aliphatic heterocycles. The van der Waals surface area contributed by atoms with Crippen LogP contribution in [0.3, 0.4) is 0 Å². The third-order valence-electron chi connectivity index (χ3n) is 4.99. The molecule has 0 unspecified atom stereocenters. The highest BCUT2D eigenvalue weighted by atomic mass is 32.2. The average Bonchev–Trinajstić information content (AvgIpc) is 2.86. The second-order valence-corrected chi connectivity index (χ2v) is 8.72. The molecule has 9 heteroatoms. The van der Waals surface area contributed by atoms with E-state index in [0.29, 0.717) is 34.4 Å². The van der Waals surface area contributed by atoms with E-state index in [1.807, 2.05) is 30.4 Å². The summed E-state index contributed by atoms with van der Waals surface area (Å²) in [5, 5.41) is 0. The lowest BCUT2D eigenvalue weighted by Crippen LogP contribution is -2.13. The van der Waals surface area contributed by atoms with Gasteiger partial charge in [0.1, 0.15) is 11.5 Å². The number of methoxy groups -OCH3 is 5. The van der Waals surface area contributed by atoms with Crippen LogP contribution in [0.1, 0.15) is 11.1 Å². The van der Waals surface area contributed by atoms with Crippen LogP contribution in [0.5, 0.6) is 28.7 Å². The Morgan fingerprint density at radius 2 is 1.24 bits per heavy atom. The number of rotatable bonds is 10. The molecule has 0 aliphatic carbocycles. The number of hydrogen-bond donors (Lipinski definition) is 1. The molecular formula is C25H27NO7S. The van der Waals surface area contributed by atoms with Gasteiger partial charge in [-0.05, 0) is 59.7 Å². The molecule has 0 amide bonds. The molecule has 3 aromatic carbocycles. The zero-order valence-electron chi connectivity index (χ0n) is 19.6. The van der Waals surface area contributed by atoms with Crippen LogP contribution in [0.2, 0.25) is 0 Å². The lowest BCUT2D eigenvalue weighted by Gasteiger charge is -2.13. The summed E-state index contributed by atoms with van der Waals surface area (Å²) in [5.41, 5.74) is 1.87.